The van der Waals surface area contributed by atoms with Gasteiger partial charge in [-0.05, 0) is 41.5 Å². The largest absolute Gasteiger partial charge is 0.416 e. The quantitative estimate of drug-likeness (QED) is 0.676. The molecule has 3 nitrogen and oxygen atoms in total. The Morgan fingerprint density at radius 1 is 1.15 bits per heavy atom. The molecule has 150 valence electrons. The van der Waals surface area contributed by atoms with Crippen LogP contribution in [0.15, 0.2) is 18.2 Å². The lowest BCUT2D eigenvalue weighted by atomic mass is 9.87. The molecular weight excluding hydrogens is 375 g/mol. The summed E-state index contributed by atoms with van der Waals surface area (Å²) in [4.78, 5) is 0. The fourth-order valence-corrected chi connectivity index (χ4v) is 4.76. The first-order chi connectivity index (χ1) is 12.4. The van der Waals surface area contributed by atoms with Crippen LogP contribution in [-0.4, -0.2) is 25.0 Å². The summed E-state index contributed by atoms with van der Waals surface area (Å²) in [6.45, 7) is 6.31. The van der Waals surface area contributed by atoms with Gasteiger partial charge in [0.2, 0.25) is 10.0 Å². The highest BCUT2D eigenvalue weighted by Crippen LogP contribution is 2.33. The zero-order valence-corrected chi connectivity index (χ0v) is 16.8. The van der Waals surface area contributed by atoms with Crippen molar-refractivity contribution in [2.24, 2.45) is 5.41 Å². The van der Waals surface area contributed by atoms with Crippen molar-refractivity contribution in [2.45, 2.75) is 59.2 Å². The fourth-order valence-electron chi connectivity index (χ4n) is 2.99. The Morgan fingerprint density at radius 3 is 2.48 bits per heavy atom. The molecule has 0 radical (unpaired) electrons. The molecule has 0 bridgehead atoms. The Hall–Kier alpha value is -1.52. The highest BCUT2D eigenvalue weighted by Gasteiger charge is 2.33. The van der Waals surface area contributed by atoms with Crippen LogP contribution in [0.3, 0.4) is 0 Å². The van der Waals surface area contributed by atoms with Crippen LogP contribution >= 0.6 is 0 Å². The van der Waals surface area contributed by atoms with Gasteiger partial charge in [0, 0.05) is 25.9 Å². The molecule has 0 saturated carbocycles. The smallest absolute Gasteiger partial charge is 0.212 e. The van der Waals surface area contributed by atoms with E-state index < -0.39 is 21.8 Å². The molecule has 7 heteroatoms. The molecule has 0 aromatic heterocycles. The maximum absolute atomic E-state index is 12.8. The van der Waals surface area contributed by atoms with Crippen LogP contribution < -0.4 is 0 Å². The van der Waals surface area contributed by atoms with E-state index in [1.807, 2.05) is 20.8 Å². The molecule has 1 heterocycles. The summed E-state index contributed by atoms with van der Waals surface area (Å²) >= 11 is 0. The standard InChI is InChI=1S/C20H26F3NO2S/c1-4-5-6-10-19(2,3)11-13-27(25,26)24-12-9-16-14-18(20(21,22)23)8-7-17(16)15-24/h7-8,14H,4,9-13,15H2,1-3H3. The molecule has 0 unspecified atom stereocenters. The average molecular weight is 401 g/mol. The van der Waals surface area contributed by atoms with Crippen LogP contribution in [0.25, 0.3) is 0 Å². The number of alkyl halides is 3. The SMILES string of the molecule is CCC#CCC(C)(C)CCS(=O)(=O)N1CCc2cc(C(F)(F)F)ccc2C1. The fraction of sp³-hybridized carbons (Fsp3) is 0.600. The number of halogens is 3. The number of fused-ring (bicyclic) bond motifs is 1. The normalized spacial score (nSPS) is 15.8. The molecule has 27 heavy (non-hydrogen) atoms. The van der Waals surface area contributed by atoms with E-state index in [4.69, 9.17) is 0 Å². The highest BCUT2D eigenvalue weighted by molar-refractivity contribution is 7.89. The number of hydrogen-bond donors (Lipinski definition) is 0. The number of benzene rings is 1. The third-order valence-electron chi connectivity index (χ3n) is 4.81. The summed E-state index contributed by atoms with van der Waals surface area (Å²) in [5, 5.41) is 0. The van der Waals surface area contributed by atoms with Crippen molar-refractivity contribution >= 4 is 10.0 Å². The van der Waals surface area contributed by atoms with E-state index in [2.05, 4.69) is 11.8 Å². The van der Waals surface area contributed by atoms with Crippen LogP contribution in [0.2, 0.25) is 0 Å². The monoisotopic (exact) mass is 401 g/mol. The maximum Gasteiger partial charge on any atom is 0.416 e. The second-order valence-corrected chi connectivity index (χ2v) is 9.77. The Labute approximate surface area is 160 Å². The van der Waals surface area contributed by atoms with E-state index in [0.717, 1.165) is 18.6 Å². The van der Waals surface area contributed by atoms with Gasteiger partial charge in [-0.25, -0.2) is 8.42 Å². The van der Waals surface area contributed by atoms with Gasteiger partial charge < -0.3 is 0 Å². The number of nitrogens with zero attached hydrogens (tertiary/aromatic N) is 1. The highest BCUT2D eigenvalue weighted by atomic mass is 32.2. The molecule has 0 atom stereocenters. The summed E-state index contributed by atoms with van der Waals surface area (Å²) in [6.07, 6.45) is -2.19. The van der Waals surface area contributed by atoms with E-state index in [0.29, 0.717) is 30.4 Å². The van der Waals surface area contributed by atoms with Gasteiger partial charge in [-0.15, -0.1) is 11.8 Å². The summed E-state index contributed by atoms with van der Waals surface area (Å²) < 4.78 is 65.3. The predicted octanol–water partition coefficient (Wildman–Crippen LogP) is 4.61. The first-order valence-electron chi connectivity index (χ1n) is 9.07. The molecule has 0 saturated heterocycles. The number of rotatable bonds is 5. The lowest BCUT2D eigenvalue weighted by Crippen LogP contribution is -2.38. The third-order valence-corrected chi connectivity index (χ3v) is 6.63. The van der Waals surface area contributed by atoms with Gasteiger partial charge >= 0.3 is 6.18 Å². The van der Waals surface area contributed by atoms with Gasteiger partial charge in [0.05, 0.1) is 11.3 Å². The van der Waals surface area contributed by atoms with E-state index >= 15 is 0 Å². The minimum absolute atomic E-state index is 0.0176. The average Bonchev–Trinajstić information content (AvgIpc) is 2.58. The van der Waals surface area contributed by atoms with Crippen molar-refractivity contribution in [1.82, 2.24) is 4.31 Å². The topological polar surface area (TPSA) is 37.4 Å². The molecule has 0 fully saturated rings. The Bertz CT molecular complexity index is 833. The third kappa shape index (κ3) is 5.98. The van der Waals surface area contributed by atoms with Gasteiger partial charge in [0.1, 0.15) is 0 Å². The van der Waals surface area contributed by atoms with Gasteiger partial charge in [0.15, 0.2) is 0 Å². The molecule has 1 aromatic carbocycles. The summed E-state index contributed by atoms with van der Waals surface area (Å²) in [5.41, 5.74) is 0.328. The molecule has 1 aliphatic rings. The molecule has 0 aliphatic carbocycles. The van der Waals surface area contributed by atoms with Crippen LogP contribution in [-0.2, 0) is 29.2 Å². The van der Waals surface area contributed by atoms with E-state index in [1.54, 1.807) is 0 Å². The lowest BCUT2D eigenvalue weighted by molar-refractivity contribution is -0.137. The van der Waals surface area contributed by atoms with Gasteiger partial charge in [-0.1, -0.05) is 26.8 Å². The van der Waals surface area contributed by atoms with Crippen LogP contribution in [0.5, 0.6) is 0 Å². The van der Waals surface area contributed by atoms with Crippen molar-refractivity contribution in [3.63, 3.8) is 0 Å². The zero-order chi connectivity index (χ0) is 20.3. The van der Waals surface area contributed by atoms with E-state index in [9.17, 15) is 21.6 Å². The molecule has 0 amide bonds. The molecule has 1 aromatic rings. The molecule has 1 aliphatic heterocycles. The number of hydrogen-bond acceptors (Lipinski definition) is 2. The summed E-state index contributed by atoms with van der Waals surface area (Å²) in [6, 6.07) is 3.55. The summed E-state index contributed by atoms with van der Waals surface area (Å²) in [5.74, 6) is 6.09. The minimum atomic E-state index is -4.38. The maximum atomic E-state index is 12.8. The molecule has 2 rings (SSSR count). The Kier molecular flexibility index (Phi) is 6.64. The van der Waals surface area contributed by atoms with Crippen molar-refractivity contribution in [1.29, 1.82) is 0 Å². The molecule has 0 N–H and O–H groups in total. The summed E-state index contributed by atoms with van der Waals surface area (Å²) in [7, 11) is -3.47. The van der Waals surface area contributed by atoms with E-state index in [1.165, 1.54) is 10.4 Å². The first-order valence-corrected chi connectivity index (χ1v) is 10.7. The van der Waals surface area contributed by atoms with Gasteiger partial charge in [-0.3, -0.25) is 0 Å². The van der Waals surface area contributed by atoms with Crippen molar-refractivity contribution in [2.75, 3.05) is 12.3 Å². The zero-order valence-electron chi connectivity index (χ0n) is 16.0. The van der Waals surface area contributed by atoms with Crippen LogP contribution in [0, 0.1) is 17.3 Å². The van der Waals surface area contributed by atoms with Gasteiger partial charge in [0.25, 0.3) is 0 Å². The van der Waals surface area contributed by atoms with Crippen LogP contribution in [0.4, 0.5) is 13.2 Å². The van der Waals surface area contributed by atoms with Crippen molar-refractivity contribution in [3.05, 3.63) is 34.9 Å². The molecule has 0 spiro atoms. The van der Waals surface area contributed by atoms with Crippen LogP contribution in [0.1, 0.15) is 56.7 Å². The lowest BCUT2D eigenvalue weighted by Gasteiger charge is -2.30. The van der Waals surface area contributed by atoms with E-state index in [-0.39, 0.29) is 24.3 Å². The second-order valence-electron chi connectivity index (χ2n) is 7.68. The number of sulfonamides is 1. The predicted molar refractivity (Wildman–Crippen MR) is 100 cm³/mol. The molecular formula is C20H26F3NO2S. The van der Waals surface area contributed by atoms with Crippen molar-refractivity contribution in [3.8, 4) is 11.8 Å². The Balaban J connectivity index is 2.05. The minimum Gasteiger partial charge on any atom is -0.212 e. The Morgan fingerprint density at radius 2 is 1.85 bits per heavy atom. The first kappa shape index (κ1) is 21.8. The second kappa shape index (κ2) is 8.24. The van der Waals surface area contributed by atoms with Gasteiger partial charge in [-0.2, -0.15) is 17.5 Å². The van der Waals surface area contributed by atoms with Crippen molar-refractivity contribution < 1.29 is 21.6 Å².